The first-order valence-corrected chi connectivity index (χ1v) is 14.4. The molecule has 0 aliphatic carbocycles. The van der Waals surface area contributed by atoms with Crippen LogP contribution >= 0.6 is 12.8 Å². The second-order valence-electron chi connectivity index (χ2n) is 10.3. The van der Waals surface area contributed by atoms with Gasteiger partial charge in [0.15, 0.2) is 0 Å². The summed E-state index contributed by atoms with van der Waals surface area (Å²) in [4.78, 5) is 58.4. The molecule has 0 rings (SSSR count). The minimum atomic E-state index is -0.894. The van der Waals surface area contributed by atoms with Crippen molar-refractivity contribution < 1.29 is 29.1 Å². The summed E-state index contributed by atoms with van der Waals surface area (Å²) >= 11 is 3.96. The molecule has 0 aromatic carbocycles. The normalized spacial score (nSPS) is 14.1. The maximum absolute atomic E-state index is 12.3. The number of Topliss-reactive ketones (excluding diaryl/α,β-unsaturated/α-hetero) is 1. The lowest BCUT2D eigenvalue weighted by Gasteiger charge is -2.14. The van der Waals surface area contributed by atoms with Crippen molar-refractivity contribution in [2.45, 2.75) is 104 Å². The molecule has 0 radical (unpaired) electrons. The molecule has 0 aromatic heterocycles. The lowest BCUT2D eigenvalue weighted by atomic mass is 10.0. The van der Waals surface area contributed by atoms with Crippen LogP contribution in [0.4, 0.5) is 0 Å². The number of rotatable bonds is 23. The number of carboxylic acid groups (broad SMARTS) is 1. The van der Waals surface area contributed by atoms with Crippen LogP contribution in [0.5, 0.6) is 0 Å². The van der Waals surface area contributed by atoms with E-state index in [2.05, 4.69) is 33.5 Å². The van der Waals surface area contributed by atoms with Crippen molar-refractivity contribution in [1.82, 2.24) is 20.7 Å². The summed E-state index contributed by atoms with van der Waals surface area (Å²) in [5.41, 5.74) is 0. The fraction of sp³-hybridized carbons (Fsp3) is 0.815. The lowest BCUT2D eigenvalue weighted by Crippen LogP contribution is -2.32. The van der Waals surface area contributed by atoms with E-state index in [0.29, 0.717) is 32.5 Å². The predicted molar refractivity (Wildman–Crippen MR) is 152 cm³/mol. The van der Waals surface area contributed by atoms with Gasteiger partial charge in [0, 0.05) is 37.9 Å². The number of ketones is 1. The van der Waals surface area contributed by atoms with Gasteiger partial charge in [0.25, 0.3) is 0 Å². The van der Waals surface area contributed by atoms with Crippen molar-refractivity contribution in [3.8, 4) is 0 Å². The molecule has 0 bridgehead atoms. The van der Waals surface area contributed by atoms with Gasteiger partial charge in [0.05, 0.1) is 12.0 Å². The number of aliphatic carboxylic acids is 1. The molecule has 10 nitrogen and oxygen atoms in total. The number of thiol groups is 1. The fourth-order valence-electron chi connectivity index (χ4n) is 3.80. The smallest absolute Gasteiger partial charge is 0.306 e. The Morgan fingerprint density at radius 3 is 1.53 bits per heavy atom. The lowest BCUT2D eigenvalue weighted by molar-refractivity contribution is -0.141. The van der Waals surface area contributed by atoms with Gasteiger partial charge < -0.3 is 21.1 Å². The van der Waals surface area contributed by atoms with Gasteiger partial charge in [-0.05, 0) is 58.3 Å². The fourth-order valence-corrected chi connectivity index (χ4v) is 4.12. The highest BCUT2D eigenvalue weighted by Crippen LogP contribution is 2.10. The molecule has 0 aliphatic heterocycles. The van der Waals surface area contributed by atoms with Gasteiger partial charge in [-0.1, -0.05) is 46.4 Å². The third-order valence-corrected chi connectivity index (χ3v) is 7.05. The number of carbonyl (C=O) groups excluding carboxylic acids is 4. The molecule has 11 heteroatoms. The van der Waals surface area contributed by atoms with E-state index in [0.717, 1.165) is 51.4 Å². The Morgan fingerprint density at radius 2 is 1.11 bits per heavy atom. The molecule has 0 saturated heterocycles. The Bertz CT molecular complexity index is 736. The number of hydrogen-bond donors (Lipinski definition) is 6. The van der Waals surface area contributed by atoms with Crippen LogP contribution in [0.3, 0.4) is 0 Å². The minimum Gasteiger partial charge on any atom is -0.481 e. The molecule has 5 N–H and O–H groups in total. The molecule has 220 valence electrons. The largest absolute Gasteiger partial charge is 0.481 e. The van der Waals surface area contributed by atoms with Crippen LogP contribution in [-0.4, -0.2) is 60.3 Å². The van der Waals surface area contributed by atoms with Crippen molar-refractivity contribution in [2.24, 2.45) is 17.8 Å². The number of carboxylic acids is 1. The van der Waals surface area contributed by atoms with Crippen molar-refractivity contribution in [2.75, 3.05) is 19.6 Å². The van der Waals surface area contributed by atoms with Crippen LogP contribution in [0.25, 0.3) is 0 Å². The average Bonchev–Trinajstić information content (AvgIpc) is 2.87. The van der Waals surface area contributed by atoms with Crippen LogP contribution in [-0.2, 0) is 24.0 Å². The molecule has 3 amide bonds. The van der Waals surface area contributed by atoms with E-state index in [-0.39, 0.29) is 47.8 Å². The molecular weight excluding hydrogens is 508 g/mol. The van der Waals surface area contributed by atoms with Gasteiger partial charge in [-0.15, -0.1) is 0 Å². The summed E-state index contributed by atoms with van der Waals surface area (Å²) in [6.07, 6.45) is 7.60. The monoisotopic (exact) mass is 558 g/mol. The topological polar surface area (TPSA) is 154 Å². The van der Waals surface area contributed by atoms with Crippen molar-refractivity contribution in [3.05, 3.63) is 0 Å². The third-order valence-electron chi connectivity index (χ3n) is 6.74. The van der Waals surface area contributed by atoms with Crippen molar-refractivity contribution in [1.29, 1.82) is 0 Å². The summed E-state index contributed by atoms with van der Waals surface area (Å²) in [6.45, 7) is 8.62. The summed E-state index contributed by atoms with van der Waals surface area (Å²) in [5, 5.41) is 17.5. The summed E-state index contributed by atoms with van der Waals surface area (Å²) in [5.74, 6) is -1.66. The van der Waals surface area contributed by atoms with Crippen LogP contribution < -0.4 is 20.7 Å². The van der Waals surface area contributed by atoms with E-state index in [1.165, 1.54) is 6.92 Å². The maximum atomic E-state index is 12.3. The Labute approximate surface area is 233 Å². The maximum Gasteiger partial charge on any atom is 0.306 e. The first kappa shape index (κ1) is 35.9. The van der Waals surface area contributed by atoms with E-state index in [1.54, 1.807) is 6.92 Å². The molecule has 0 spiro atoms. The van der Waals surface area contributed by atoms with E-state index in [4.69, 9.17) is 5.11 Å². The molecule has 0 saturated carbocycles. The van der Waals surface area contributed by atoms with Crippen LogP contribution in [0.2, 0.25) is 0 Å². The number of unbranched alkanes of at least 4 members (excludes halogenated alkanes) is 3. The second-order valence-corrected chi connectivity index (χ2v) is 10.5. The molecule has 0 aromatic rings. The number of hydrogen-bond acceptors (Lipinski definition) is 7. The van der Waals surface area contributed by atoms with Gasteiger partial charge >= 0.3 is 5.97 Å². The first-order chi connectivity index (χ1) is 18.0. The zero-order valence-corrected chi connectivity index (χ0v) is 24.5. The zero-order valence-electron chi connectivity index (χ0n) is 23.6. The average molecular weight is 559 g/mol. The van der Waals surface area contributed by atoms with Crippen LogP contribution in [0, 0.1) is 17.8 Å². The molecular formula is C27H50N4O6S. The Kier molecular flexibility index (Phi) is 20.5. The molecule has 0 fully saturated rings. The van der Waals surface area contributed by atoms with Gasteiger partial charge in [0.2, 0.25) is 17.7 Å². The Balaban J connectivity index is 3.79. The highest BCUT2D eigenvalue weighted by atomic mass is 32.1. The highest BCUT2D eigenvalue weighted by molar-refractivity contribution is 7.78. The van der Waals surface area contributed by atoms with Crippen molar-refractivity contribution in [3.63, 3.8) is 0 Å². The van der Waals surface area contributed by atoms with E-state index in [9.17, 15) is 24.0 Å². The highest BCUT2D eigenvalue weighted by Gasteiger charge is 2.15. The summed E-state index contributed by atoms with van der Waals surface area (Å²) in [7, 11) is 0. The molecule has 0 heterocycles. The summed E-state index contributed by atoms with van der Waals surface area (Å²) < 4.78 is 2.70. The predicted octanol–water partition coefficient (Wildman–Crippen LogP) is 3.01. The molecule has 0 aliphatic rings. The van der Waals surface area contributed by atoms with Gasteiger partial charge in [-0.2, -0.15) is 0 Å². The SMILES string of the molecule is CC(=O)[C@H](CCCCNC(=O)[C@@H](C)CCCCNC(=O)[C@@H](C)CCCCNC(=O)CC[C@H](C)C(=O)O)NS. The van der Waals surface area contributed by atoms with E-state index in [1.807, 2.05) is 13.8 Å². The standard InChI is InChI=1S/C27H50N4O6S/c1-19(11-5-8-16-28-24(33)15-14-21(3)27(36)37)25(34)29-17-9-6-12-20(2)26(35)30-18-10-7-13-23(31-38)22(4)32/h19-21,23,31,38H,5-18H2,1-4H3,(H,28,33)(H,29,34)(H,30,35)(H,36,37)/t19-,20-,21-,23-/m0/s1. The Hall–Kier alpha value is -2.14. The Morgan fingerprint density at radius 1 is 0.658 bits per heavy atom. The van der Waals surface area contributed by atoms with Gasteiger partial charge in [-0.3, -0.25) is 28.7 Å². The molecule has 38 heavy (non-hydrogen) atoms. The van der Waals surface area contributed by atoms with E-state index >= 15 is 0 Å². The van der Waals surface area contributed by atoms with E-state index < -0.39 is 11.9 Å². The quantitative estimate of drug-likeness (QED) is 0.0832. The van der Waals surface area contributed by atoms with Crippen molar-refractivity contribution >= 4 is 42.3 Å². The second kappa shape index (κ2) is 21.8. The third kappa shape index (κ3) is 18.2. The van der Waals surface area contributed by atoms with Gasteiger partial charge in [0.1, 0.15) is 5.78 Å². The number of carbonyl (C=O) groups is 5. The zero-order chi connectivity index (χ0) is 28.9. The van der Waals surface area contributed by atoms with Crippen LogP contribution in [0.15, 0.2) is 0 Å². The number of amides is 3. The van der Waals surface area contributed by atoms with Gasteiger partial charge in [-0.25, -0.2) is 0 Å². The summed E-state index contributed by atoms with van der Waals surface area (Å²) in [6, 6.07) is -0.246. The minimum absolute atomic E-state index is 0.0163. The number of nitrogens with one attached hydrogen (secondary N) is 4. The first-order valence-electron chi connectivity index (χ1n) is 13.9. The molecule has 4 atom stereocenters. The molecule has 0 unspecified atom stereocenters. The van der Waals surface area contributed by atoms with Crippen LogP contribution in [0.1, 0.15) is 98.3 Å².